The van der Waals surface area contributed by atoms with Crippen molar-refractivity contribution in [3.05, 3.63) is 34.8 Å². The molecule has 4 heteroatoms. The lowest BCUT2D eigenvalue weighted by Crippen LogP contribution is -2.24. The molecule has 0 amide bonds. The van der Waals surface area contributed by atoms with Crippen LogP contribution in [0, 0.1) is 0 Å². The third-order valence-electron chi connectivity index (χ3n) is 4.04. The van der Waals surface area contributed by atoms with Crippen molar-refractivity contribution in [2.75, 3.05) is 25.5 Å². The van der Waals surface area contributed by atoms with Gasteiger partial charge >= 0.3 is 0 Å². The summed E-state index contributed by atoms with van der Waals surface area (Å²) in [6, 6.07) is 9.14. The van der Waals surface area contributed by atoms with Crippen molar-refractivity contribution >= 4 is 17.0 Å². The lowest BCUT2D eigenvalue weighted by molar-refractivity contribution is 0.465. The highest BCUT2D eigenvalue weighted by Gasteiger charge is 2.24. The maximum absolute atomic E-state index is 4.94. The van der Waals surface area contributed by atoms with Gasteiger partial charge in [-0.1, -0.05) is 6.92 Å². The van der Waals surface area contributed by atoms with Crippen molar-refractivity contribution < 1.29 is 0 Å². The Morgan fingerprint density at radius 1 is 1.29 bits per heavy atom. The molecule has 0 bridgehead atoms. The molecule has 0 radical (unpaired) electrons. The molecule has 1 unspecified atom stereocenters. The normalized spacial score (nSPS) is 17.6. The summed E-state index contributed by atoms with van der Waals surface area (Å²) in [4.78, 5) is 8.53. The molecule has 21 heavy (non-hydrogen) atoms. The first-order valence-corrected chi connectivity index (χ1v) is 8.51. The van der Waals surface area contributed by atoms with Crippen LogP contribution in [0.25, 0.3) is 10.6 Å². The van der Waals surface area contributed by atoms with E-state index in [0.29, 0.717) is 6.04 Å². The van der Waals surface area contributed by atoms with Crippen molar-refractivity contribution in [3.8, 4) is 10.6 Å². The van der Waals surface area contributed by atoms with E-state index in [2.05, 4.69) is 55.5 Å². The van der Waals surface area contributed by atoms with E-state index >= 15 is 0 Å². The highest BCUT2D eigenvalue weighted by Crippen LogP contribution is 2.37. The largest absolute Gasteiger partial charge is 0.378 e. The minimum Gasteiger partial charge on any atom is -0.378 e. The highest BCUT2D eigenvalue weighted by atomic mass is 32.1. The Hall–Kier alpha value is -1.39. The topological polar surface area (TPSA) is 28.2 Å². The quantitative estimate of drug-likeness (QED) is 0.929. The summed E-state index contributed by atoms with van der Waals surface area (Å²) >= 11 is 1.87. The molecule has 1 aromatic heterocycles. The summed E-state index contributed by atoms with van der Waals surface area (Å²) in [5.41, 5.74) is 3.75. The van der Waals surface area contributed by atoms with Crippen molar-refractivity contribution in [1.29, 1.82) is 0 Å². The van der Waals surface area contributed by atoms with E-state index in [0.717, 1.165) is 11.6 Å². The highest BCUT2D eigenvalue weighted by molar-refractivity contribution is 7.15. The first-order chi connectivity index (χ1) is 10.2. The predicted molar refractivity (Wildman–Crippen MR) is 91.2 cm³/mol. The van der Waals surface area contributed by atoms with Gasteiger partial charge in [-0.05, 0) is 50.1 Å². The predicted octanol–water partition coefficient (Wildman–Crippen LogP) is 3.86. The van der Waals surface area contributed by atoms with Crippen LogP contribution >= 0.6 is 11.3 Å². The van der Waals surface area contributed by atoms with Crippen LogP contribution < -0.4 is 10.2 Å². The SMILES string of the molecule is CCNC1CCCc2sc(-c3ccc(N(C)C)cc3)nc21. The van der Waals surface area contributed by atoms with E-state index < -0.39 is 0 Å². The van der Waals surface area contributed by atoms with Crippen LogP contribution in [0.2, 0.25) is 0 Å². The second kappa shape index (κ2) is 6.16. The Morgan fingerprint density at radius 3 is 2.71 bits per heavy atom. The maximum atomic E-state index is 4.94. The fraction of sp³-hybridized carbons (Fsp3) is 0.471. The number of anilines is 1. The molecule has 112 valence electrons. The summed E-state index contributed by atoms with van der Waals surface area (Å²) in [6.07, 6.45) is 3.67. The van der Waals surface area contributed by atoms with Gasteiger partial charge in [0.2, 0.25) is 0 Å². The molecule has 2 aromatic rings. The Labute approximate surface area is 131 Å². The second-order valence-corrected chi connectivity index (χ2v) is 6.85. The average molecular weight is 301 g/mol. The van der Waals surface area contributed by atoms with Crippen LogP contribution in [0.3, 0.4) is 0 Å². The van der Waals surface area contributed by atoms with E-state index in [9.17, 15) is 0 Å². The van der Waals surface area contributed by atoms with Crippen molar-refractivity contribution in [2.24, 2.45) is 0 Å². The van der Waals surface area contributed by atoms with Gasteiger partial charge in [-0.25, -0.2) is 4.98 Å². The molecule has 0 spiro atoms. The molecule has 1 N–H and O–H groups in total. The van der Waals surface area contributed by atoms with Gasteiger partial charge in [-0.2, -0.15) is 0 Å². The fourth-order valence-corrected chi connectivity index (χ4v) is 4.06. The van der Waals surface area contributed by atoms with Crippen molar-refractivity contribution in [1.82, 2.24) is 10.3 Å². The number of hydrogen-bond acceptors (Lipinski definition) is 4. The Bertz CT molecular complexity index is 601. The van der Waals surface area contributed by atoms with Crippen LogP contribution in [-0.4, -0.2) is 25.6 Å². The van der Waals surface area contributed by atoms with Crippen molar-refractivity contribution in [2.45, 2.75) is 32.2 Å². The Kier molecular flexibility index (Phi) is 4.27. The monoisotopic (exact) mass is 301 g/mol. The van der Waals surface area contributed by atoms with Gasteiger partial charge in [0, 0.05) is 30.2 Å². The zero-order valence-electron chi connectivity index (χ0n) is 13.0. The van der Waals surface area contributed by atoms with Crippen LogP contribution in [0.1, 0.15) is 36.4 Å². The Balaban J connectivity index is 1.90. The van der Waals surface area contributed by atoms with Crippen LogP contribution in [0.15, 0.2) is 24.3 Å². The minimum atomic E-state index is 0.449. The summed E-state index contributed by atoms with van der Waals surface area (Å²) in [6.45, 7) is 3.18. The maximum Gasteiger partial charge on any atom is 0.123 e. The lowest BCUT2D eigenvalue weighted by Gasteiger charge is -2.21. The molecule has 0 saturated carbocycles. The molecule has 1 aromatic carbocycles. The molecule has 0 saturated heterocycles. The number of rotatable bonds is 4. The third-order valence-corrected chi connectivity index (χ3v) is 5.22. The second-order valence-electron chi connectivity index (χ2n) is 5.77. The molecule has 0 aliphatic heterocycles. The number of aryl methyl sites for hydroxylation is 1. The van der Waals surface area contributed by atoms with Crippen LogP contribution in [0.4, 0.5) is 5.69 Å². The minimum absolute atomic E-state index is 0.449. The molecule has 3 nitrogen and oxygen atoms in total. The molecule has 3 rings (SSSR count). The Morgan fingerprint density at radius 2 is 2.05 bits per heavy atom. The smallest absolute Gasteiger partial charge is 0.123 e. The molecular weight excluding hydrogens is 278 g/mol. The van der Waals surface area contributed by atoms with Gasteiger partial charge in [0.1, 0.15) is 5.01 Å². The molecule has 0 fully saturated rings. The zero-order valence-corrected chi connectivity index (χ0v) is 13.8. The van der Waals surface area contributed by atoms with E-state index in [1.165, 1.54) is 41.1 Å². The fourth-order valence-electron chi connectivity index (χ4n) is 2.89. The third kappa shape index (κ3) is 2.97. The number of benzene rings is 1. The van der Waals surface area contributed by atoms with Gasteiger partial charge in [-0.3, -0.25) is 0 Å². The standard InChI is InChI=1S/C17H23N3S/c1-4-18-14-6-5-7-15-16(14)19-17(21-15)12-8-10-13(11-9-12)20(2)3/h8-11,14,18H,4-7H2,1-3H3. The van der Waals surface area contributed by atoms with Gasteiger partial charge in [0.05, 0.1) is 11.7 Å². The van der Waals surface area contributed by atoms with Gasteiger partial charge < -0.3 is 10.2 Å². The molecule has 1 aliphatic rings. The van der Waals surface area contributed by atoms with E-state index in [1.54, 1.807) is 0 Å². The molecule has 1 aliphatic carbocycles. The van der Waals surface area contributed by atoms with E-state index in [-0.39, 0.29) is 0 Å². The average Bonchev–Trinajstić information content (AvgIpc) is 2.93. The van der Waals surface area contributed by atoms with Gasteiger partial charge in [0.15, 0.2) is 0 Å². The van der Waals surface area contributed by atoms with E-state index in [4.69, 9.17) is 4.98 Å². The van der Waals surface area contributed by atoms with Crippen molar-refractivity contribution in [3.63, 3.8) is 0 Å². The lowest BCUT2D eigenvalue weighted by atomic mass is 9.97. The van der Waals surface area contributed by atoms with Gasteiger partial charge in [-0.15, -0.1) is 11.3 Å². The number of nitrogens with zero attached hydrogens (tertiary/aromatic N) is 2. The molecule has 1 heterocycles. The van der Waals surface area contributed by atoms with Crippen LogP contribution in [0.5, 0.6) is 0 Å². The summed E-state index contributed by atoms with van der Waals surface area (Å²) in [7, 11) is 4.14. The van der Waals surface area contributed by atoms with Gasteiger partial charge in [0.25, 0.3) is 0 Å². The summed E-state index contributed by atoms with van der Waals surface area (Å²) in [5.74, 6) is 0. The zero-order chi connectivity index (χ0) is 14.8. The first-order valence-electron chi connectivity index (χ1n) is 7.69. The molecular formula is C17H23N3S. The summed E-state index contributed by atoms with van der Waals surface area (Å²) < 4.78 is 0. The first kappa shape index (κ1) is 14.5. The number of hydrogen-bond donors (Lipinski definition) is 1. The number of thiazole rings is 1. The number of aromatic nitrogens is 1. The summed E-state index contributed by atoms with van der Waals surface area (Å²) in [5, 5.41) is 4.73. The molecule has 1 atom stereocenters. The van der Waals surface area contributed by atoms with Crippen LogP contribution in [-0.2, 0) is 6.42 Å². The number of fused-ring (bicyclic) bond motifs is 1. The number of nitrogens with one attached hydrogen (secondary N) is 1. The van der Waals surface area contributed by atoms with E-state index in [1.807, 2.05) is 11.3 Å².